The van der Waals surface area contributed by atoms with Gasteiger partial charge in [0.2, 0.25) is 0 Å². The largest absolute Gasteiger partial charge is 0.358 e. The van der Waals surface area contributed by atoms with Gasteiger partial charge >= 0.3 is 5.82 Å². The Kier molecular flexibility index (Phi) is 3.06. The molecule has 78 valence electrons. The SMILES string of the molecule is CCC(C)Nc1ncc([N+](=O)[O-])n1C. The number of aromatic nitrogens is 2. The van der Waals surface area contributed by atoms with E-state index in [2.05, 4.69) is 10.3 Å². The fourth-order valence-electron chi connectivity index (χ4n) is 1.03. The van der Waals surface area contributed by atoms with Crippen molar-refractivity contribution in [1.29, 1.82) is 0 Å². The normalized spacial score (nSPS) is 12.5. The van der Waals surface area contributed by atoms with Crippen LogP contribution in [0.2, 0.25) is 0 Å². The molecule has 0 bridgehead atoms. The molecule has 0 aliphatic rings. The van der Waals surface area contributed by atoms with Gasteiger partial charge in [0, 0.05) is 6.04 Å². The van der Waals surface area contributed by atoms with Gasteiger partial charge in [-0.05, 0) is 18.3 Å². The van der Waals surface area contributed by atoms with Crippen molar-refractivity contribution in [3.05, 3.63) is 16.3 Å². The standard InChI is InChI=1S/C8H14N4O2/c1-4-6(2)10-8-9-5-7(11(8)3)12(13)14/h5-6H,4H2,1-3H3,(H,9,10). The van der Waals surface area contributed by atoms with Crippen LogP contribution in [0, 0.1) is 10.1 Å². The molecule has 0 amide bonds. The van der Waals surface area contributed by atoms with E-state index in [1.165, 1.54) is 10.8 Å². The maximum Gasteiger partial charge on any atom is 0.344 e. The third kappa shape index (κ3) is 2.01. The van der Waals surface area contributed by atoms with Crippen molar-refractivity contribution in [2.45, 2.75) is 26.3 Å². The molecule has 1 unspecified atom stereocenters. The Hall–Kier alpha value is -1.59. The van der Waals surface area contributed by atoms with Crippen LogP contribution in [0.25, 0.3) is 0 Å². The molecule has 1 atom stereocenters. The summed E-state index contributed by atoms with van der Waals surface area (Å²) in [5.74, 6) is 0.529. The molecule has 0 aromatic carbocycles. The molecule has 0 fully saturated rings. The highest BCUT2D eigenvalue weighted by molar-refractivity contribution is 5.35. The predicted octanol–water partition coefficient (Wildman–Crippen LogP) is 1.54. The first-order valence-electron chi connectivity index (χ1n) is 4.49. The van der Waals surface area contributed by atoms with E-state index >= 15 is 0 Å². The van der Waals surface area contributed by atoms with E-state index in [-0.39, 0.29) is 11.9 Å². The van der Waals surface area contributed by atoms with Crippen molar-refractivity contribution < 1.29 is 4.92 Å². The second-order valence-corrected chi connectivity index (χ2v) is 3.21. The first kappa shape index (κ1) is 10.5. The van der Waals surface area contributed by atoms with E-state index < -0.39 is 4.92 Å². The third-order valence-electron chi connectivity index (χ3n) is 2.14. The molecule has 0 saturated carbocycles. The predicted molar refractivity (Wildman–Crippen MR) is 53.2 cm³/mol. The Balaban J connectivity index is 2.84. The zero-order valence-corrected chi connectivity index (χ0v) is 8.52. The maximum atomic E-state index is 10.5. The minimum atomic E-state index is -0.450. The minimum absolute atomic E-state index is 0.00389. The topological polar surface area (TPSA) is 73.0 Å². The zero-order valence-electron chi connectivity index (χ0n) is 8.52. The molecule has 1 N–H and O–H groups in total. The van der Waals surface area contributed by atoms with Crippen LogP contribution in [-0.2, 0) is 7.05 Å². The highest BCUT2D eigenvalue weighted by Crippen LogP contribution is 2.16. The molecular weight excluding hydrogens is 184 g/mol. The van der Waals surface area contributed by atoms with Gasteiger partial charge in [0.05, 0.1) is 7.05 Å². The molecule has 6 nitrogen and oxygen atoms in total. The van der Waals surface area contributed by atoms with Gasteiger partial charge in [0.15, 0.2) is 0 Å². The molecule has 14 heavy (non-hydrogen) atoms. The van der Waals surface area contributed by atoms with Gasteiger partial charge in [0.1, 0.15) is 6.20 Å². The van der Waals surface area contributed by atoms with Gasteiger partial charge < -0.3 is 15.4 Å². The van der Waals surface area contributed by atoms with Gasteiger partial charge in [-0.2, -0.15) is 9.55 Å². The summed E-state index contributed by atoms with van der Waals surface area (Å²) in [6, 6.07) is 0.260. The van der Waals surface area contributed by atoms with Crippen molar-refractivity contribution in [3.63, 3.8) is 0 Å². The Morgan fingerprint density at radius 1 is 1.79 bits per heavy atom. The lowest BCUT2D eigenvalue weighted by Gasteiger charge is -2.08. The van der Waals surface area contributed by atoms with E-state index in [0.717, 1.165) is 6.42 Å². The molecule has 0 aliphatic heterocycles. The van der Waals surface area contributed by atoms with E-state index in [4.69, 9.17) is 0 Å². The molecule has 1 aromatic rings. The molecule has 0 aliphatic carbocycles. The quantitative estimate of drug-likeness (QED) is 0.588. The number of anilines is 1. The number of imidazole rings is 1. The maximum absolute atomic E-state index is 10.5. The van der Waals surface area contributed by atoms with Gasteiger partial charge in [-0.3, -0.25) is 0 Å². The number of hydrogen-bond acceptors (Lipinski definition) is 4. The summed E-state index contributed by atoms with van der Waals surface area (Å²) < 4.78 is 1.44. The van der Waals surface area contributed by atoms with Crippen molar-refractivity contribution >= 4 is 11.8 Å². The lowest BCUT2D eigenvalue weighted by Crippen LogP contribution is -2.16. The van der Waals surface area contributed by atoms with Crippen LogP contribution >= 0.6 is 0 Å². The molecular formula is C8H14N4O2. The smallest absolute Gasteiger partial charge is 0.344 e. The lowest BCUT2D eigenvalue weighted by molar-refractivity contribution is -0.391. The Labute approximate surface area is 82.1 Å². The van der Waals surface area contributed by atoms with Gasteiger partial charge in [-0.25, -0.2) is 0 Å². The summed E-state index contributed by atoms with van der Waals surface area (Å²) in [7, 11) is 1.62. The minimum Gasteiger partial charge on any atom is -0.358 e. The number of nitrogens with zero attached hydrogens (tertiary/aromatic N) is 3. The van der Waals surface area contributed by atoms with Crippen LogP contribution in [0.5, 0.6) is 0 Å². The summed E-state index contributed by atoms with van der Waals surface area (Å²) in [6.45, 7) is 4.04. The first-order chi connectivity index (χ1) is 6.56. The Morgan fingerprint density at radius 3 is 2.86 bits per heavy atom. The van der Waals surface area contributed by atoms with Gasteiger partial charge in [-0.15, -0.1) is 0 Å². The van der Waals surface area contributed by atoms with E-state index in [0.29, 0.717) is 5.95 Å². The first-order valence-corrected chi connectivity index (χ1v) is 4.49. The summed E-state index contributed by atoms with van der Waals surface area (Å²) in [5, 5.41) is 13.6. The summed E-state index contributed by atoms with van der Waals surface area (Å²) in [6.07, 6.45) is 2.20. The van der Waals surface area contributed by atoms with Crippen molar-refractivity contribution in [2.24, 2.45) is 7.05 Å². The molecule has 0 spiro atoms. The van der Waals surface area contributed by atoms with Gasteiger partial charge in [0.25, 0.3) is 5.95 Å². The van der Waals surface area contributed by atoms with Crippen LogP contribution in [0.4, 0.5) is 11.8 Å². The average Bonchev–Trinajstić information content (AvgIpc) is 2.48. The molecule has 1 aromatic heterocycles. The van der Waals surface area contributed by atoms with Crippen molar-refractivity contribution in [1.82, 2.24) is 9.55 Å². The van der Waals surface area contributed by atoms with Crippen LogP contribution < -0.4 is 5.32 Å². The fourth-order valence-corrected chi connectivity index (χ4v) is 1.03. The van der Waals surface area contributed by atoms with Crippen LogP contribution in [0.3, 0.4) is 0 Å². The average molecular weight is 198 g/mol. The molecule has 0 saturated heterocycles. The zero-order chi connectivity index (χ0) is 10.7. The highest BCUT2D eigenvalue weighted by atomic mass is 16.6. The number of nitrogens with one attached hydrogen (secondary N) is 1. The Bertz CT molecular complexity index is 334. The monoisotopic (exact) mass is 198 g/mol. The van der Waals surface area contributed by atoms with Crippen LogP contribution in [-0.4, -0.2) is 20.5 Å². The van der Waals surface area contributed by atoms with Crippen LogP contribution in [0.1, 0.15) is 20.3 Å². The van der Waals surface area contributed by atoms with E-state index in [1.54, 1.807) is 7.05 Å². The van der Waals surface area contributed by atoms with Crippen LogP contribution in [0.15, 0.2) is 6.20 Å². The number of hydrogen-bond donors (Lipinski definition) is 1. The number of nitro groups is 1. The second-order valence-electron chi connectivity index (χ2n) is 3.21. The van der Waals surface area contributed by atoms with Gasteiger partial charge in [-0.1, -0.05) is 6.92 Å². The number of rotatable bonds is 4. The summed E-state index contributed by atoms with van der Waals surface area (Å²) in [4.78, 5) is 14.0. The summed E-state index contributed by atoms with van der Waals surface area (Å²) in [5.41, 5.74) is 0. The Morgan fingerprint density at radius 2 is 2.43 bits per heavy atom. The third-order valence-corrected chi connectivity index (χ3v) is 2.14. The molecule has 6 heteroatoms. The molecule has 0 radical (unpaired) electrons. The second kappa shape index (κ2) is 4.08. The molecule has 1 rings (SSSR count). The van der Waals surface area contributed by atoms with E-state index in [1.807, 2.05) is 13.8 Å². The highest BCUT2D eigenvalue weighted by Gasteiger charge is 2.16. The molecule has 1 heterocycles. The van der Waals surface area contributed by atoms with E-state index in [9.17, 15) is 10.1 Å². The summed E-state index contributed by atoms with van der Waals surface area (Å²) >= 11 is 0. The van der Waals surface area contributed by atoms with Crippen molar-refractivity contribution in [3.8, 4) is 0 Å². The lowest BCUT2D eigenvalue weighted by atomic mass is 10.3. The fraction of sp³-hybridized carbons (Fsp3) is 0.625. The van der Waals surface area contributed by atoms with Crippen molar-refractivity contribution in [2.75, 3.05) is 5.32 Å².